The molecule has 104 valence electrons. The number of hydrogen-bond donors (Lipinski definition) is 1. The lowest BCUT2D eigenvalue weighted by molar-refractivity contribution is -0.133. The molecule has 20 heavy (non-hydrogen) atoms. The summed E-state index contributed by atoms with van der Waals surface area (Å²) in [5.41, 5.74) is 0.858. The van der Waals surface area contributed by atoms with Gasteiger partial charge >= 0.3 is 0 Å². The van der Waals surface area contributed by atoms with Gasteiger partial charge in [0.2, 0.25) is 5.91 Å². The highest BCUT2D eigenvalue weighted by molar-refractivity contribution is 5.98. The van der Waals surface area contributed by atoms with E-state index in [1.165, 1.54) is 17.3 Å². The van der Waals surface area contributed by atoms with Gasteiger partial charge in [0.15, 0.2) is 0 Å². The lowest BCUT2D eigenvalue weighted by atomic mass is 10.1. The molecule has 1 aliphatic rings. The Bertz CT molecular complexity index is 589. The molecular weight excluding hydrogens is 258 g/mol. The second-order valence-electron chi connectivity index (χ2n) is 4.42. The van der Waals surface area contributed by atoms with Gasteiger partial charge in [0.05, 0.1) is 11.1 Å². The quantitative estimate of drug-likeness (QED) is 0.689. The minimum Gasteiger partial charge on any atom is -0.384 e. The van der Waals surface area contributed by atoms with Crippen LogP contribution in [0.2, 0.25) is 0 Å². The van der Waals surface area contributed by atoms with Crippen molar-refractivity contribution in [3.63, 3.8) is 0 Å². The van der Waals surface area contributed by atoms with Gasteiger partial charge in [0, 0.05) is 32.5 Å². The Morgan fingerprint density at radius 2 is 2.30 bits per heavy atom. The van der Waals surface area contributed by atoms with Crippen molar-refractivity contribution in [3.8, 4) is 11.8 Å². The van der Waals surface area contributed by atoms with E-state index in [9.17, 15) is 9.59 Å². The number of hydrogen-bond acceptors (Lipinski definition) is 4. The molecule has 1 aromatic rings. The zero-order chi connectivity index (χ0) is 14.5. The van der Waals surface area contributed by atoms with E-state index in [0.29, 0.717) is 24.2 Å². The Hall–Kier alpha value is -2.39. The molecule has 0 aliphatic carbocycles. The SMILES string of the molecule is CN1CCN(C(=O)c2ccncc2C#CCO)CC1=O. The number of carbonyl (C=O) groups is 2. The molecule has 1 saturated heterocycles. The van der Waals surface area contributed by atoms with Crippen molar-refractivity contribution in [1.29, 1.82) is 0 Å². The predicted octanol–water partition coefficient (Wildman–Crippen LogP) is -0.660. The fraction of sp³-hybridized carbons (Fsp3) is 0.357. The number of pyridine rings is 1. The molecule has 2 amide bonds. The van der Waals surface area contributed by atoms with Crippen molar-refractivity contribution < 1.29 is 14.7 Å². The molecule has 2 rings (SSSR count). The smallest absolute Gasteiger partial charge is 0.255 e. The summed E-state index contributed by atoms with van der Waals surface area (Å²) in [7, 11) is 1.72. The first-order chi connectivity index (χ1) is 9.63. The molecule has 0 saturated carbocycles. The van der Waals surface area contributed by atoms with E-state index in [1.807, 2.05) is 0 Å². The van der Waals surface area contributed by atoms with E-state index in [2.05, 4.69) is 16.8 Å². The molecule has 0 unspecified atom stereocenters. The highest BCUT2D eigenvalue weighted by Crippen LogP contribution is 2.12. The molecule has 0 atom stereocenters. The van der Waals surface area contributed by atoms with Gasteiger partial charge in [-0.15, -0.1) is 0 Å². The zero-order valence-electron chi connectivity index (χ0n) is 11.2. The summed E-state index contributed by atoms with van der Waals surface area (Å²) in [6.45, 7) is 0.809. The second kappa shape index (κ2) is 6.17. The molecule has 6 nitrogen and oxygen atoms in total. The van der Waals surface area contributed by atoms with E-state index in [4.69, 9.17) is 5.11 Å². The highest BCUT2D eigenvalue weighted by Gasteiger charge is 2.26. The zero-order valence-corrected chi connectivity index (χ0v) is 11.2. The summed E-state index contributed by atoms with van der Waals surface area (Å²) in [6, 6.07) is 1.58. The fourth-order valence-corrected chi connectivity index (χ4v) is 1.92. The van der Waals surface area contributed by atoms with Crippen LogP contribution in [0.25, 0.3) is 0 Å². The van der Waals surface area contributed by atoms with Gasteiger partial charge in [-0.05, 0) is 6.07 Å². The average Bonchev–Trinajstić information content (AvgIpc) is 2.47. The molecule has 2 heterocycles. The number of rotatable bonds is 1. The van der Waals surface area contributed by atoms with Gasteiger partial charge in [-0.2, -0.15) is 0 Å². The highest BCUT2D eigenvalue weighted by atomic mass is 16.2. The molecule has 0 aromatic carbocycles. The summed E-state index contributed by atoms with van der Waals surface area (Å²) in [5, 5.41) is 8.73. The molecule has 1 fully saturated rings. The van der Waals surface area contributed by atoms with E-state index < -0.39 is 0 Å². The number of piperazine rings is 1. The van der Waals surface area contributed by atoms with E-state index in [0.717, 1.165) is 0 Å². The van der Waals surface area contributed by atoms with E-state index in [-0.39, 0.29) is 25.0 Å². The molecule has 0 radical (unpaired) electrons. The lowest BCUT2D eigenvalue weighted by Crippen LogP contribution is -2.50. The first kappa shape index (κ1) is 14.0. The van der Waals surface area contributed by atoms with Crippen molar-refractivity contribution >= 4 is 11.8 Å². The van der Waals surface area contributed by atoms with Crippen LogP contribution >= 0.6 is 0 Å². The summed E-state index contributed by atoms with van der Waals surface area (Å²) in [4.78, 5) is 31.1. The normalized spacial score (nSPS) is 14.8. The van der Waals surface area contributed by atoms with Crippen LogP contribution < -0.4 is 0 Å². The Kier molecular flexibility index (Phi) is 4.33. The third kappa shape index (κ3) is 2.95. The first-order valence-electron chi connectivity index (χ1n) is 6.20. The van der Waals surface area contributed by atoms with Crippen molar-refractivity contribution in [2.24, 2.45) is 0 Å². The second-order valence-corrected chi connectivity index (χ2v) is 4.42. The lowest BCUT2D eigenvalue weighted by Gasteiger charge is -2.32. The van der Waals surface area contributed by atoms with Crippen molar-refractivity contribution in [1.82, 2.24) is 14.8 Å². The van der Waals surface area contributed by atoms with Crippen LogP contribution in [0.1, 0.15) is 15.9 Å². The average molecular weight is 273 g/mol. The third-order valence-electron chi connectivity index (χ3n) is 3.10. The fourth-order valence-electron chi connectivity index (χ4n) is 1.92. The maximum atomic E-state index is 12.4. The van der Waals surface area contributed by atoms with Crippen LogP contribution in [0.3, 0.4) is 0 Å². The van der Waals surface area contributed by atoms with Gasteiger partial charge in [-0.1, -0.05) is 11.8 Å². The van der Waals surface area contributed by atoms with Crippen molar-refractivity contribution in [2.45, 2.75) is 0 Å². The summed E-state index contributed by atoms with van der Waals surface area (Å²) >= 11 is 0. The molecule has 1 N–H and O–H groups in total. The minimum atomic E-state index is -0.282. The summed E-state index contributed by atoms with van der Waals surface area (Å²) < 4.78 is 0. The largest absolute Gasteiger partial charge is 0.384 e. The van der Waals surface area contributed by atoms with Crippen LogP contribution in [0, 0.1) is 11.8 Å². The molecule has 0 bridgehead atoms. The number of aliphatic hydroxyl groups is 1. The first-order valence-corrected chi connectivity index (χ1v) is 6.20. The molecule has 1 aromatic heterocycles. The van der Waals surface area contributed by atoms with Gasteiger partial charge in [-0.3, -0.25) is 14.6 Å². The van der Waals surface area contributed by atoms with Crippen LogP contribution in [0.5, 0.6) is 0 Å². The topological polar surface area (TPSA) is 73.7 Å². The predicted molar refractivity (Wildman–Crippen MR) is 71.7 cm³/mol. The molecule has 6 heteroatoms. The van der Waals surface area contributed by atoms with Crippen molar-refractivity contribution in [2.75, 3.05) is 33.3 Å². The Morgan fingerprint density at radius 3 is 3.00 bits per heavy atom. The van der Waals surface area contributed by atoms with Crippen molar-refractivity contribution in [3.05, 3.63) is 29.6 Å². The maximum Gasteiger partial charge on any atom is 0.255 e. The van der Waals surface area contributed by atoms with Gasteiger partial charge in [0.1, 0.15) is 13.2 Å². The number of nitrogens with zero attached hydrogens (tertiary/aromatic N) is 3. The van der Waals surface area contributed by atoms with E-state index in [1.54, 1.807) is 18.0 Å². The maximum absolute atomic E-state index is 12.4. The number of likely N-dealkylation sites (N-methyl/N-ethyl adjacent to an activating group) is 1. The Balaban J connectivity index is 2.23. The monoisotopic (exact) mass is 273 g/mol. The van der Waals surface area contributed by atoms with Crippen LogP contribution in [0.4, 0.5) is 0 Å². The molecule has 0 spiro atoms. The summed E-state index contributed by atoms with van der Waals surface area (Å²) in [5.74, 6) is 4.87. The minimum absolute atomic E-state index is 0.0739. The number of amides is 2. The van der Waals surface area contributed by atoms with Gasteiger partial charge in [0.25, 0.3) is 5.91 Å². The van der Waals surface area contributed by atoms with Crippen LogP contribution in [-0.2, 0) is 4.79 Å². The molecular formula is C14H15N3O3. The Labute approximate surface area is 117 Å². The van der Waals surface area contributed by atoms with Crippen LogP contribution in [-0.4, -0.2) is 65.0 Å². The summed E-state index contributed by atoms with van der Waals surface area (Å²) in [6.07, 6.45) is 2.99. The van der Waals surface area contributed by atoms with Gasteiger partial charge < -0.3 is 14.9 Å². The number of aromatic nitrogens is 1. The Morgan fingerprint density at radius 1 is 1.50 bits per heavy atom. The number of aliphatic hydroxyl groups excluding tert-OH is 1. The third-order valence-corrected chi connectivity index (χ3v) is 3.10. The standard InChI is InChI=1S/C14H15N3O3/c1-16-6-7-17(10-13(16)19)14(20)12-4-5-15-9-11(12)3-2-8-18/h4-5,9,18H,6-8,10H2,1H3. The van der Waals surface area contributed by atoms with Gasteiger partial charge in [-0.25, -0.2) is 0 Å². The molecule has 1 aliphatic heterocycles. The van der Waals surface area contributed by atoms with E-state index >= 15 is 0 Å². The number of carbonyl (C=O) groups excluding carboxylic acids is 2. The van der Waals surface area contributed by atoms with Crippen LogP contribution in [0.15, 0.2) is 18.5 Å².